The van der Waals surface area contributed by atoms with Gasteiger partial charge in [-0.2, -0.15) is 11.8 Å². The summed E-state index contributed by atoms with van der Waals surface area (Å²) in [6.07, 6.45) is 1.89. The molecule has 1 saturated heterocycles. The fraction of sp³-hybridized carbons (Fsp3) is 1.00. The second-order valence-electron chi connectivity index (χ2n) is 4.17. The highest BCUT2D eigenvalue weighted by Gasteiger charge is 2.32. The summed E-state index contributed by atoms with van der Waals surface area (Å²) in [5, 5.41) is 22.6. The third-order valence-corrected chi connectivity index (χ3v) is 4.35. The van der Waals surface area contributed by atoms with Gasteiger partial charge in [0.25, 0.3) is 0 Å². The summed E-state index contributed by atoms with van der Waals surface area (Å²) in [4.78, 5) is 0. The van der Waals surface area contributed by atoms with Crippen LogP contribution in [0.4, 0.5) is 0 Å². The van der Waals surface area contributed by atoms with E-state index < -0.39 is 5.54 Å². The summed E-state index contributed by atoms with van der Waals surface area (Å²) in [5.74, 6) is 1.09. The summed E-state index contributed by atoms with van der Waals surface area (Å²) in [6.45, 7) is 4.23. The zero-order chi connectivity index (χ0) is 10.6. The van der Waals surface area contributed by atoms with Crippen molar-refractivity contribution in [2.75, 3.05) is 19.0 Å². The zero-order valence-electron chi connectivity index (χ0n) is 8.99. The van der Waals surface area contributed by atoms with Crippen LogP contribution in [0.2, 0.25) is 0 Å². The molecule has 0 spiro atoms. The molecule has 3 nitrogen and oxygen atoms in total. The fourth-order valence-corrected chi connectivity index (χ4v) is 2.97. The highest BCUT2D eigenvalue weighted by Crippen LogP contribution is 2.27. The van der Waals surface area contributed by atoms with E-state index in [-0.39, 0.29) is 13.2 Å². The molecule has 0 bridgehead atoms. The van der Waals surface area contributed by atoms with Crippen LogP contribution in [-0.2, 0) is 0 Å². The smallest absolute Gasteiger partial charge is 0.0647 e. The maximum Gasteiger partial charge on any atom is 0.0647 e. The molecule has 0 aliphatic carbocycles. The average molecular weight is 219 g/mol. The van der Waals surface area contributed by atoms with Gasteiger partial charge in [0.05, 0.1) is 18.8 Å². The Labute approximate surface area is 90.3 Å². The van der Waals surface area contributed by atoms with Gasteiger partial charge in [0.1, 0.15) is 0 Å². The van der Waals surface area contributed by atoms with Crippen LogP contribution in [-0.4, -0.2) is 46.0 Å². The van der Waals surface area contributed by atoms with Gasteiger partial charge in [-0.25, -0.2) is 0 Å². The first-order valence-corrected chi connectivity index (χ1v) is 6.31. The van der Waals surface area contributed by atoms with E-state index in [9.17, 15) is 10.2 Å². The highest BCUT2D eigenvalue weighted by molar-refractivity contribution is 8.00. The van der Waals surface area contributed by atoms with Gasteiger partial charge < -0.3 is 15.5 Å². The summed E-state index contributed by atoms with van der Waals surface area (Å²) in [5.41, 5.74) is -0.477. The van der Waals surface area contributed by atoms with Crippen LogP contribution < -0.4 is 5.32 Å². The second-order valence-corrected chi connectivity index (χ2v) is 5.64. The fourth-order valence-electron chi connectivity index (χ4n) is 1.82. The first kappa shape index (κ1) is 12.3. The second kappa shape index (κ2) is 5.35. The molecule has 1 aliphatic heterocycles. The van der Waals surface area contributed by atoms with Gasteiger partial charge in [0, 0.05) is 17.0 Å². The number of rotatable bonds is 5. The van der Waals surface area contributed by atoms with E-state index in [1.807, 2.05) is 18.7 Å². The lowest BCUT2D eigenvalue weighted by molar-refractivity contribution is 0.0796. The molecule has 0 saturated carbocycles. The van der Waals surface area contributed by atoms with Crippen LogP contribution in [0.25, 0.3) is 0 Å². The molecule has 1 aliphatic rings. The van der Waals surface area contributed by atoms with Crippen molar-refractivity contribution in [3.8, 4) is 0 Å². The monoisotopic (exact) mass is 219 g/mol. The van der Waals surface area contributed by atoms with E-state index in [0.717, 1.165) is 18.6 Å². The summed E-state index contributed by atoms with van der Waals surface area (Å²) >= 11 is 1.95. The molecule has 0 aromatic carbocycles. The molecule has 0 amide bonds. The summed E-state index contributed by atoms with van der Waals surface area (Å²) < 4.78 is 0. The first-order valence-electron chi connectivity index (χ1n) is 5.27. The molecule has 0 radical (unpaired) electrons. The van der Waals surface area contributed by atoms with Crippen LogP contribution >= 0.6 is 11.8 Å². The Hall–Kier alpha value is 0.230. The van der Waals surface area contributed by atoms with Crippen molar-refractivity contribution in [2.24, 2.45) is 0 Å². The maximum absolute atomic E-state index is 9.27. The molecule has 0 aromatic rings. The Morgan fingerprint density at radius 3 is 2.43 bits per heavy atom. The highest BCUT2D eigenvalue weighted by atomic mass is 32.2. The van der Waals surface area contributed by atoms with Crippen molar-refractivity contribution in [1.29, 1.82) is 0 Å². The average Bonchev–Trinajstić information content (AvgIpc) is 2.61. The SMILES string of the molecule is CCC(CO)(CO)NC1CSC(C)C1. The van der Waals surface area contributed by atoms with E-state index in [2.05, 4.69) is 12.2 Å². The Morgan fingerprint density at radius 1 is 1.43 bits per heavy atom. The lowest BCUT2D eigenvalue weighted by Gasteiger charge is -2.33. The minimum Gasteiger partial charge on any atom is -0.394 e. The van der Waals surface area contributed by atoms with Crippen molar-refractivity contribution in [2.45, 2.75) is 43.5 Å². The van der Waals surface area contributed by atoms with E-state index in [4.69, 9.17) is 0 Å². The normalized spacial score (nSPS) is 28.3. The standard InChI is InChI=1S/C10H21NO2S/c1-3-10(6-12,7-13)11-9-4-8(2)14-5-9/h8-9,11-13H,3-7H2,1-2H3. The van der Waals surface area contributed by atoms with Crippen LogP contribution in [0.5, 0.6) is 0 Å². The van der Waals surface area contributed by atoms with Crippen LogP contribution in [0, 0.1) is 0 Å². The van der Waals surface area contributed by atoms with Gasteiger partial charge in [0.2, 0.25) is 0 Å². The number of nitrogens with one attached hydrogen (secondary N) is 1. The van der Waals surface area contributed by atoms with E-state index >= 15 is 0 Å². The molecular formula is C10H21NO2S. The molecule has 14 heavy (non-hydrogen) atoms. The van der Waals surface area contributed by atoms with Crippen molar-refractivity contribution in [1.82, 2.24) is 5.32 Å². The number of aliphatic hydroxyl groups is 2. The van der Waals surface area contributed by atoms with Gasteiger partial charge in [-0.1, -0.05) is 13.8 Å². The lowest BCUT2D eigenvalue weighted by atomic mass is 9.96. The zero-order valence-corrected chi connectivity index (χ0v) is 9.81. The van der Waals surface area contributed by atoms with Gasteiger partial charge in [-0.3, -0.25) is 0 Å². The lowest BCUT2D eigenvalue weighted by Crippen LogP contribution is -2.55. The van der Waals surface area contributed by atoms with E-state index in [0.29, 0.717) is 11.3 Å². The quantitative estimate of drug-likeness (QED) is 0.634. The molecular weight excluding hydrogens is 198 g/mol. The minimum atomic E-state index is -0.477. The Bertz CT molecular complexity index is 165. The third kappa shape index (κ3) is 2.86. The van der Waals surface area contributed by atoms with Gasteiger partial charge in [-0.15, -0.1) is 0 Å². The Morgan fingerprint density at radius 2 is 2.07 bits per heavy atom. The predicted molar refractivity (Wildman–Crippen MR) is 60.7 cm³/mol. The summed E-state index contributed by atoms with van der Waals surface area (Å²) in [7, 11) is 0. The summed E-state index contributed by atoms with van der Waals surface area (Å²) in [6, 6.07) is 0.439. The third-order valence-electron chi connectivity index (χ3n) is 2.99. The van der Waals surface area contributed by atoms with E-state index in [1.54, 1.807) is 0 Å². The molecule has 84 valence electrons. The first-order chi connectivity index (χ1) is 6.65. The van der Waals surface area contributed by atoms with Crippen molar-refractivity contribution >= 4 is 11.8 Å². The molecule has 2 unspecified atom stereocenters. The molecule has 1 heterocycles. The largest absolute Gasteiger partial charge is 0.394 e. The number of hydrogen-bond donors (Lipinski definition) is 3. The number of aliphatic hydroxyl groups excluding tert-OH is 2. The van der Waals surface area contributed by atoms with Gasteiger partial charge in [0.15, 0.2) is 0 Å². The van der Waals surface area contributed by atoms with Crippen molar-refractivity contribution < 1.29 is 10.2 Å². The molecule has 4 heteroatoms. The molecule has 2 atom stereocenters. The van der Waals surface area contributed by atoms with Crippen LogP contribution in [0.1, 0.15) is 26.7 Å². The van der Waals surface area contributed by atoms with Crippen LogP contribution in [0.15, 0.2) is 0 Å². The molecule has 1 rings (SSSR count). The molecule has 1 fully saturated rings. The van der Waals surface area contributed by atoms with Crippen LogP contribution in [0.3, 0.4) is 0 Å². The van der Waals surface area contributed by atoms with Crippen molar-refractivity contribution in [3.05, 3.63) is 0 Å². The predicted octanol–water partition coefficient (Wildman–Crippen LogP) is 0.603. The van der Waals surface area contributed by atoms with E-state index in [1.165, 1.54) is 0 Å². The molecule has 3 N–H and O–H groups in total. The Balaban J connectivity index is 2.47. The van der Waals surface area contributed by atoms with Gasteiger partial charge >= 0.3 is 0 Å². The topological polar surface area (TPSA) is 52.5 Å². The number of thioether (sulfide) groups is 1. The van der Waals surface area contributed by atoms with Crippen molar-refractivity contribution in [3.63, 3.8) is 0 Å². The number of hydrogen-bond acceptors (Lipinski definition) is 4. The molecule has 0 aromatic heterocycles. The van der Waals surface area contributed by atoms with Gasteiger partial charge in [-0.05, 0) is 12.8 Å². The minimum absolute atomic E-state index is 0.00947. The Kier molecular flexibility index (Phi) is 4.70. The maximum atomic E-state index is 9.27.